The van der Waals surface area contributed by atoms with Gasteiger partial charge in [-0.2, -0.15) is 0 Å². The molecule has 0 radical (unpaired) electrons. The molecule has 2 atom stereocenters. The van der Waals surface area contributed by atoms with Crippen LogP contribution < -0.4 is 0 Å². The molecule has 2 heterocycles. The Hall–Kier alpha value is -4.48. The molecule has 6 rings (SSSR count). The molecule has 0 aliphatic carbocycles. The molecule has 0 amide bonds. The molecule has 0 saturated heterocycles. The third kappa shape index (κ3) is 4.19. The van der Waals surface area contributed by atoms with Crippen molar-refractivity contribution < 1.29 is 20.4 Å². The van der Waals surface area contributed by atoms with Crippen molar-refractivity contribution in [2.75, 3.05) is 13.2 Å². The van der Waals surface area contributed by atoms with Gasteiger partial charge < -0.3 is 20.4 Å². The SMILES string of the molecule is CCC(C)(c1ccccc1C(O)(CO)n1nc2ccccc2n1)c1ccccc1C(O)(CO)n1nc2ccccc2n1. The summed E-state index contributed by atoms with van der Waals surface area (Å²) in [6.45, 7) is 2.64. The van der Waals surface area contributed by atoms with Crippen molar-refractivity contribution in [3.8, 4) is 0 Å². The second kappa shape index (κ2) is 10.4. The fourth-order valence-corrected chi connectivity index (χ4v) is 5.72. The van der Waals surface area contributed by atoms with Crippen molar-refractivity contribution in [3.63, 3.8) is 0 Å². The summed E-state index contributed by atoms with van der Waals surface area (Å²) in [6, 6.07) is 29.0. The summed E-state index contributed by atoms with van der Waals surface area (Å²) in [7, 11) is 0. The summed E-state index contributed by atoms with van der Waals surface area (Å²) in [5.74, 6) is 0. The topological polar surface area (TPSA) is 142 Å². The molecule has 0 aliphatic rings. The van der Waals surface area contributed by atoms with Gasteiger partial charge in [-0.1, -0.05) is 86.6 Å². The minimum Gasteiger partial charge on any atom is -0.391 e. The van der Waals surface area contributed by atoms with Crippen LogP contribution in [0.5, 0.6) is 0 Å². The molecule has 0 spiro atoms. The molecular formula is C32H32N6O4. The molecule has 0 saturated carbocycles. The number of fused-ring (bicyclic) bond motifs is 2. The largest absolute Gasteiger partial charge is 0.391 e. The van der Waals surface area contributed by atoms with E-state index in [1.807, 2.05) is 62.4 Å². The maximum absolute atomic E-state index is 12.1. The van der Waals surface area contributed by atoms with Gasteiger partial charge in [0.25, 0.3) is 0 Å². The van der Waals surface area contributed by atoms with E-state index in [-0.39, 0.29) is 0 Å². The predicted molar refractivity (Wildman–Crippen MR) is 157 cm³/mol. The lowest BCUT2D eigenvalue weighted by Gasteiger charge is -2.39. The number of hydrogen-bond donors (Lipinski definition) is 4. The van der Waals surface area contributed by atoms with Gasteiger partial charge in [-0.15, -0.1) is 30.0 Å². The van der Waals surface area contributed by atoms with Crippen LogP contribution in [0.4, 0.5) is 0 Å². The fraction of sp³-hybridized carbons (Fsp3) is 0.250. The molecule has 6 aromatic rings. The van der Waals surface area contributed by atoms with Crippen molar-refractivity contribution in [1.82, 2.24) is 30.0 Å². The van der Waals surface area contributed by atoms with E-state index in [9.17, 15) is 20.4 Å². The van der Waals surface area contributed by atoms with Crippen molar-refractivity contribution in [2.24, 2.45) is 0 Å². The Morgan fingerprint density at radius 1 is 0.524 bits per heavy atom. The van der Waals surface area contributed by atoms with Crippen molar-refractivity contribution in [3.05, 3.63) is 119 Å². The molecule has 0 bridgehead atoms. The summed E-state index contributed by atoms with van der Waals surface area (Å²) >= 11 is 0. The highest BCUT2D eigenvalue weighted by atomic mass is 16.4. The lowest BCUT2D eigenvalue weighted by atomic mass is 9.69. The number of aliphatic hydroxyl groups excluding tert-OH is 2. The molecular weight excluding hydrogens is 532 g/mol. The van der Waals surface area contributed by atoms with Gasteiger partial charge in [-0.3, -0.25) is 0 Å². The molecule has 2 unspecified atom stereocenters. The first-order chi connectivity index (χ1) is 20.3. The zero-order chi connectivity index (χ0) is 29.5. The molecule has 0 aliphatic heterocycles. The van der Waals surface area contributed by atoms with Gasteiger partial charge in [0.2, 0.25) is 11.4 Å². The summed E-state index contributed by atoms with van der Waals surface area (Å²) in [6.07, 6.45) is 0.535. The Labute approximate surface area is 242 Å². The Morgan fingerprint density at radius 2 is 0.810 bits per heavy atom. The molecule has 4 aromatic carbocycles. The lowest BCUT2D eigenvalue weighted by Crippen LogP contribution is -2.45. The van der Waals surface area contributed by atoms with E-state index >= 15 is 0 Å². The number of aromatic nitrogens is 6. The second-order valence-electron chi connectivity index (χ2n) is 10.7. The minimum absolute atomic E-state index is 0.405. The quantitative estimate of drug-likeness (QED) is 0.210. The van der Waals surface area contributed by atoms with Crippen LogP contribution in [0.1, 0.15) is 42.5 Å². The van der Waals surface area contributed by atoms with Gasteiger partial charge in [0.15, 0.2) is 0 Å². The Balaban J connectivity index is 1.55. The average molecular weight is 565 g/mol. The first-order valence-electron chi connectivity index (χ1n) is 13.8. The fourth-order valence-electron chi connectivity index (χ4n) is 5.72. The lowest BCUT2D eigenvalue weighted by molar-refractivity contribution is -0.0667. The zero-order valence-electron chi connectivity index (χ0n) is 23.3. The number of benzene rings is 4. The van der Waals surface area contributed by atoms with E-state index in [0.29, 0.717) is 50.7 Å². The molecule has 42 heavy (non-hydrogen) atoms. The van der Waals surface area contributed by atoms with Crippen LogP contribution in [0, 0.1) is 0 Å². The van der Waals surface area contributed by atoms with Gasteiger partial charge in [0, 0.05) is 16.5 Å². The predicted octanol–water partition coefficient (Wildman–Crippen LogP) is 3.26. The standard InChI is InChI=1S/C32H32N6O4/c1-3-30(2,22-12-4-6-14-24(22)31(41,20-39)37-33-26-16-8-9-17-27(26)34-37)23-13-5-7-15-25(23)32(42,21-40)38-35-28-18-10-11-19-29(28)36-38/h4-19,39-42H,3,20-21H2,1-2H3. The zero-order valence-corrected chi connectivity index (χ0v) is 23.3. The van der Waals surface area contributed by atoms with Gasteiger partial charge in [-0.05, 0) is 41.8 Å². The van der Waals surface area contributed by atoms with Crippen LogP contribution in [-0.2, 0) is 16.9 Å². The third-order valence-electron chi connectivity index (χ3n) is 8.29. The second-order valence-corrected chi connectivity index (χ2v) is 10.7. The highest BCUT2D eigenvalue weighted by Gasteiger charge is 2.44. The van der Waals surface area contributed by atoms with E-state index < -0.39 is 30.1 Å². The van der Waals surface area contributed by atoms with E-state index in [1.165, 1.54) is 0 Å². The smallest absolute Gasteiger partial charge is 0.226 e. The van der Waals surface area contributed by atoms with Gasteiger partial charge in [-0.25, -0.2) is 0 Å². The molecule has 214 valence electrons. The van der Waals surface area contributed by atoms with Crippen LogP contribution in [0.2, 0.25) is 0 Å². The third-order valence-corrected chi connectivity index (χ3v) is 8.29. The Morgan fingerprint density at radius 3 is 1.10 bits per heavy atom. The molecule has 4 N–H and O–H groups in total. The number of nitrogens with zero attached hydrogens (tertiary/aromatic N) is 6. The van der Waals surface area contributed by atoms with E-state index in [0.717, 1.165) is 9.59 Å². The minimum atomic E-state index is -1.99. The number of aliphatic hydroxyl groups is 4. The van der Waals surface area contributed by atoms with Crippen LogP contribution in [0.15, 0.2) is 97.1 Å². The first-order valence-corrected chi connectivity index (χ1v) is 13.8. The van der Waals surface area contributed by atoms with Gasteiger partial charge in [0.05, 0.1) is 13.2 Å². The summed E-state index contributed by atoms with van der Waals surface area (Å²) < 4.78 is 0. The highest BCUT2D eigenvalue weighted by molar-refractivity contribution is 5.73. The van der Waals surface area contributed by atoms with E-state index in [4.69, 9.17) is 0 Å². The maximum Gasteiger partial charge on any atom is 0.226 e. The summed E-state index contributed by atoms with van der Waals surface area (Å²) in [5.41, 5.74) is -0.298. The molecule has 10 nitrogen and oxygen atoms in total. The molecule has 2 aromatic heterocycles. The maximum atomic E-state index is 12.1. The first kappa shape index (κ1) is 27.7. The Bertz CT molecular complexity index is 1690. The number of hydrogen-bond acceptors (Lipinski definition) is 8. The average Bonchev–Trinajstić information content (AvgIpc) is 3.69. The van der Waals surface area contributed by atoms with Crippen LogP contribution in [0.3, 0.4) is 0 Å². The van der Waals surface area contributed by atoms with E-state index in [2.05, 4.69) is 20.4 Å². The van der Waals surface area contributed by atoms with Crippen molar-refractivity contribution >= 4 is 22.1 Å². The van der Waals surface area contributed by atoms with Crippen molar-refractivity contribution in [2.45, 2.75) is 37.1 Å². The summed E-state index contributed by atoms with van der Waals surface area (Å²) in [5, 5.41) is 63.4. The molecule has 0 fully saturated rings. The van der Waals surface area contributed by atoms with Gasteiger partial charge >= 0.3 is 0 Å². The molecule has 10 heteroatoms. The van der Waals surface area contributed by atoms with Crippen LogP contribution in [-0.4, -0.2) is 63.6 Å². The number of rotatable bonds is 9. The van der Waals surface area contributed by atoms with Crippen LogP contribution in [0.25, 0.3) is 22.1 Å². The normalized spacial score (nSPS) is 16.2. The summed E-state index contributed by atoms with van der Waals surface area (Å²) in [4.78, 5) is 2.31. The van der Waals surface area contributed by atoms with E-state index in [1.54, 1.807) is 48.5 Å². The van der Waals surface area contributed by atoms with Crippen molar-refractivity contribution in [1.29, 1.82) is 0 Å². The van der Waals surface area contributed by atoms with Crippen LogP contribution >= 0.6 is 0 Å². The van der Waals surface area contributed by atoms with Gasteiger partial charge in [0.1, 0.15) is 22.1 Å². The highest BCUT2D eigenvalue weighted by Crippen LogP contribution is 2.44. The Kier molecular flexibility index (Phi) is 6.86. The monoisotopic (exact) mass is 564 g/mol.